The van der Waals surface area contributed by atoms with Crippen LogP contribution in [0.15, 0.2) is 47.4 Å². The lowest BCUT2D eigenvalue weighted by Crippen LogP contribution is -2.12. The minimum absolute atomic E-state index is 0.0745. The Bertz CT molecular complexity index is 524. The summed E-state index contributed by atoms with van der Waals surface area (Å²) in [6.45, 7) is 3.81. The molecular weight excluding hydrogens is 247 g/mol. The standard InChI is InChI=1S/C15H15FO3/c1-10-13(16)6-5-11(3-2-4-14(10)17)12-7-8-19-15(18)9-12/h5-6,9H,1-4,7-8H2/b11-5+,13-6?. The molecule has 0 saturated carbocycles. The fourth-order valence-corrected chi connectivity index (χ4v) is 2.12. The average molecular weight is 262 g/mol. The zero-order chi connectivity index (χ0) is 13.8. The zero-order valence-electron chi connectivity index (χ0n) is 10.6. The summed E-state index contributed by atoms with van der Waals surface area (Å²) < 4.78 is 18.5. The van der Waals surface area contributed by atoms with Crippen molar-refractivity contribution in [2.24, 2.45) is 0 Å². The quantitative estimate of drug-likeness (QED) is 0.539. The Balaban J connectivity index is 2.28. The van der Waals surface area contributed by atoms with E-state index in [0.29, 0.717) is 25.9 Å². The molecule has 0 aromatic carbocycles. The van der Waals surface area contributed by atoms with Gasteiger partial charge in [0, 0.05) is 24.5 Å². The summed E-state index contributed by atoms with van der Waals surface area (Å²) in [5, 5.41) is 0. The SMILES string of the molecule is C=C1C(=O)CCC/C(C2=CC(=O)OCC2)=C\C=C1F. The Kier molecular flexibility index (Phi) is 4.10. The molecule has 1 heterocycles. The van der Waals surface area contributed by atoms with Crippen LogP contribution in [0.4, 0.5) is 4.39 Å². The van der Waals surface area contributed by atoms with Crippen LogP contribution in [0.1, 0.15) is 25.7 Å². The molecule has 4 heteroatoms. The lowest BCUT2D eigenvalue weighted by atomic mass is 9.96. The zero-order valence-corrected chi connectivity index (χ0v) is 10.6. The van der Waals surface area contributed by atoms with Gasteiger partial charge in [-0.1, -0.05) is 12.7 Å². The van der Waals surface area contributed by atoms with E-state index in [2.05, 4.69) is 6.58 Å². The van der Waals surface area contributed by atoms with Gasteiger partial charge in [0.05, 0.1) is 6.61 Å². The second-order valence-corrected chi connectivity index (χ2v) is 4.55. The van der Waals surface area contributed by atoms with Crippen molar-refractivity contribution in [1.29, 1.82) is 0 Å². The van der Waals surface area contributed by atoms with Crippen LogP contribution in [0, 0.1) is 0 Å². The highest BCUT2D eigenvalue weighted by molar-refractivity contribution is 5.98. The Hall–Kier alpha value is -1.97. The van der Waals surface area contributed by atoms with Crippen molar-refractivity contribution in [3.8, 4) is 0 Å². The van der Waals surface area contributed by atoms with E-state index in [0.717, 1.165) is 11.1 Å². The summed E-state index contributed by atoms with van der Waals surface area (Å²) in [6.07, 6.45) is 6.48. The first-order chi connectivity index (χ1) is 9.08. The van der Waals surface area contributed by atoms with Gasteiger partial charge in [-0.3, -0.25) is 4.79 Å². The predicted molar refractivity (Wildman–Crippen MR) is 68.9 cm³/mol. The molecular formula is C15H15FO3. The molecule has 0 aromatic rings. The molecule has 0 atom stereocenters. The smallest absolute Gasteiger partial charge is 0.331 e. The van der Waals surface area contributed by atoms with Gasteiger partial charge >= 0.3 is 5.97 Å². The van der Waals surface area contributed by atoms with E-state index in [-0.39, 0.29) is 23.7 Å². The van der Waals surface area contributed by atoms with Crippen LogP contribution in [-0.2, 0) is 14.3 Å². The number of hydrogen-bond acceptors (Lipinski definition) is 3. The van der Waals surface area contributed by atoms with E-state index in [1.54, 1.807) is 6.08 Å². The highest BCUT2D eigenvalue weighted by Gasteiger charge is 2.17. The van der Waals surface area contributed by atoms with E-state index in [9.17, 15) is 14.0 Å². The van der Waals surface area contributed by atoms with Gasteiger partial charge in [-0.15, -0.1) is 0 Å². The lowest BCUT2D eigenvalue weighted by molar-refractivity contribution is -0.138. The maximum Gasteiger partial charge on any atom is 0.331 e. The molecule has 2 aliphatic rings. The molecule has 0 spiro atoms. The van der Waals surface area contributed by atoms with Gasteiger partial charge in [0.1, 0.15) is 5.83 Å². The molecule has 1 aliphatic heterocycles. The van der Waals surface area contributed by atoms with Crippen LogP contribution >= 0.6 is 0 Å². The Labute approximate surface area is 111 Å². The molecule has 100 valence electrons. The molecule has 0 unspecified atom stereocenters. The van der Waals surface area contributed by atoms with Gasteiger partial charge in [-0.25, -0.2) is 9.18 Å². The number of halogens is 1. The van der Waals surface area contributed by atoms with Crippen molar-refractivity contribution >= 4 is 11.8 Å². The molecule has 2 rings (SSSR count). The molecule has 19 heavy (non-hydrogen) atoms. The molecule has 0 saturated heterocycles. The van der Waals surface area contributed by atoms with Crippen molar-refractivity contribution in [3.63, 3.8) is 0 Å². The largest absolute Gasteiger partial charge is 0.462 e. The molecule has 1 aliphatic carbocycles. The number of rotatable bonds is 1. The summed E-state index contributed by atoms with van der Waals surface area (Å²) in [6, 6.07) is 0. The van der Waals surface area contributed by atoms with E-state index >= 15 is 0 Å². The molecule has 3 nitrogen and oxygen atoms in total. The summed E-state index contributed by atoms with van der Waals surface area (Å²) in [4.78, 5) is 22.8. The van der Waals surface area contributed by atoms with Crippen LogP contribution in [0.2, 0.25) is 0 Å². The van der Waals surface area contributed by atoms with Gasteiger partial charge in [0.25, 0.3) is 0 Å². The van der Waals surface area contributed by atoms with Gasteiger partial charge < -0.3 is 4.74 Å². The normalized spacial score (nSPS) is 24.3. The number of esters is 1. The monoisotopic (exact) mass is 262 g/mol. The van der Waals surface area contributed by atoms with E-state index in [1.165, 1.54) is 12.2 Å². The number of allylic oxidation sites excluding steroid dienone is 5. The minimum Gasteiger partial charge on any atom is -0.462 e. The summed E-state index contributed by atoms with van der Waals surface area (Å²) >= 11 is 0. The third-order valence-corrected chi connectivity index (χ3v) is 3.23. The number of carbonyl (C=O) groups is 2. The molecule has 0 N–H and O–H groups in total. The van der Waals surface area contributed by atoms with Crippen LogP contribution in [0.3, 0.4) is 0 Å². The predicted octanol–water partition coefficient (Wildman–Crippen LogP) is 2.95. The van der Waals surface area contributed by atoms with Crippen LogP contribution in [-0.4, -0.2) is 18.4 Å². The minimum atomic E-state index is -0.608. The maximum absolute atomic E-state index is 13.7. The van der Waals surface area contributed by atoms with Crippen molar-refractivity contribution in [3.05, 3.63) is 47.4 Å². The van der Waals surface area contributed by atoms with E-state index in [4.69, 9.17) is 4.74 Å². The molecule has 0 aromatic heterocycles. The van der Waals surface area contributed by atoms with Crippen LogP contribution in [0.5, 0.6) is 0 Å². The first kappa shape index (κ1) is 13.5. The molecule has 0 amide bonds. The van der Waals surface area contributed by atoms with Crippen LogP contribution in [0.25, 0.3) is 0 Å². The average Bonchev–Trinajstić information content (AvgIpc) is 2.45. The number of ketones is 1. The van der Waals surface area contributed by atoms with Crippen molar-refractivity contribution in [2.45, 2.75) is 25.7 Å². The van der Waals surface area contributed by atoms with E-state index in [1.807, 2.05) is 0 Å². The molecule has 0 radical (unpaired) electrons. The summed E-state index contributed by atoms with van der Waals surface area (Å²) in [5.41, 5.74) is 1.67. The fraction of sp³-hybridized carbons (Fsp3) is 0.333. The van der Waals surface area contributed by atoms with Gasteiger partial charge in [-0.05, 0) is 30.1 Å². The van der Waals surface area contributed by atoms with Crippen molar-refractivity contribution < 1.29 is 18.7 Å². The Morgan fingerprint density at radius 1 is 1.11 bits per heavy atom. The first-order valence-corrected chi connectivity index (χ1v) is 6.24. The number of ether oxygens (including phenoxy) is 1. The highest BCUT2D eigenvalue weighted by atomic mass is 19.1. The Morgan fingerprint density at radius 3 is 2.63 bits per heavy atom. The number of Topliss-reactive ketones (excluding diaryl/α,β-unsaturated/α-hetero) is 1. The van der Waals surface area contributed by atoms with Crippen molar-refractivity contribution in [2.75, 3.05) is 6.61 Å². The topological polar surface area (TPSA) is 43.4 Å². The van der Waals surface area contributed by atoms with Crippen molar-refractivity contribution in [1.82, 2.24) is 0 Å². The van der Waals surface area contributed by atoms with Crippen LogP contribution < -0.4 is 0 Å². The molecule has 0 fully saturated rings. The third kappa shape index (κ3) is 3.28. The number of carbonyl (C=O) groups excluding carboxylic acids is 2. The second kappa shape index (κ2) is 5.78. The summed E-state index contributed by atoms with van der Waals surface area (Å²) in [7, 11) is 0. The number of cyclic esters (lactones) is 1. The van der Waals surface area contributed by atoms with Gasteiger partial charge in [-0.2, -0.15) is 0 Å². The Morgan fingerprint density at radius 2 is 1.89 bits per heavy atom. The molecule has 0 bridgehead atoms. The lowest BCUT2D eigenvalue weighted by Gasteiger charge is -2.15. The van der Waals surface area contributed by atoms with Gasteiger partial charge in [0.15, 0.2) is 5.78 Å². The maximum atomic E-state index is 13.7. The fourth-order valence-electron chi connectivity index (χ4n) is 2.12. The third-order valence-electron chi connectivity index (χ3n) is 3.23. The first-order valence-electron chi connectivity index (χ1n) is 6.24. The second-order valence-electron chi connectivity index (χ2n) is 4.55. The summed E-state index contributed by atoms with van der Waals surface area (Å²) in [5.74, 6) is -1.24. The number of hydrogen-bond donors (Lipinski definition) is 0. The van der Waals surface area contributed by atoms with Gasteiger partial charge in [0.2, 0.25) is 0 Å². The van der Waals surface area contributed by atoms with E-state index < -0.39 is 5.83 Å². The highest BCUT2D eigenvalue weighted by Crippen LogP contribution is 2.26.